The molecule has 124 valence electrons. The predicted octanol–water partition coefficient (Wildman–Crippen LogP) is 3.67. The first kappa shape index (κ1) is 16.1. The molecule has 0 unspecified atom stereocenters. The van der Waals surface area contributed by atoms with E-state index >= 15 is 0 Å². The first-order valence-electron chi connectivity index (χ1n) is 7.30. The summed E-state index contributed by atoms with van der Waals surface area (Å²) >= 11 is 6.15. The van der Waals surface area contributed by atoms with Crippen molar-refractivity contribution >= 4 is 39.8 Å². The largest absolute Gasteiger partial charge is 0.481 e. The van der Waals surface area contributed by atoms with E-state index in [1.807, 2.05) is 18.2 Å². The number of halogens is 1. The number of H-pyrrole nitrogens is 1. The lowest BCUT2D eigenvalue weighted by molar-refractivity contribution is 0.0829. The molecule has 3 rings (SSSR count). The Hall–Kier alpha value is -2.73. The second kappa shape index (κ2) is 6.41. The van der Waals surface area contributed by atoms with E-state index in [0.29, 0.717) is 22.3 Å². The monoisotopic (exact) mass is 344 g/mol. The Kier molecular flexibility index (Phi) is 4.31. The van der Waals surface area contributed by atoms with Crippen molar-refractivity contribution in [3.05, 3.63) is 47.2 Å². The zero-order valence-electron chi connectivity index (χ0n) is 13.6. The molecular weight excluding hydrogens is 328 g/mol. The Morgan fingerprint density at radius 3 is 2.75 bits per heavy atom. The minimum absolute atomic E-state index is 0.0376. The highest BCUT2D eigenvalue weighted by Crippen LogP contribution is 2.28. The summed E-state index contributed by atoms with van der Waals surface area (Å²) in [7, 11) is 5.00. The molecule has 1 amide bonds. The number of nitrogens with one attached hydrogen (secondary N) is 2. The number of amides is 1. The highest BCUT2D eigenvalue weighted by Gasteiger charge is 2.14. The van der Waals surface area contributed by atoms with E-state index in [2.05, 4.69) is 15.3 Å². The van der Waals surface area contributed by atoms with Crippen LogP contribution >= 0.6 is 11.6 Å². The second-order valence-electron chi connectivity index (χ2n) is 5.48. The number of nitrogens with zero attached hydrogens (tertiary/aromatic N) is 2. The summed E-state index contributed by atoms with van der Waals surface area (Å²) in [6.45, 7) is 0. The highest BCUT2D eigenvalue weighted by atomic mass is 35.5. The van der Waals surface area contributed by atoms with E-state index in [9.17, 15) is 4.79 Å². The molecule has 2 aromatic heterocycles. The number of hydrogen-bond acceptors (Lipinski definition) is 4. The lowest BCUT2D eigenvalue weighted by Crippen LogP contribution is -2.21. The van der Waals surface area contributed by atoms with E-state index in [-0.39, 0.29) is 5.91 Å². The summed E-state index contributed by atoms with van der Waals surface area (Å²) in [5, 5.41) is 4.41. The van der Waals surface area contributed by atoms with Crippen molar-refractivity contribution in [1.29, 1.82) is 0 Å². The normalized spacial score (nSPS) is 10.7. The van der Waals surface area contributed by atoms with Crippen LogP contribution in [0.4, 0.5) is 11.4 Å². The first-order chi connectivity index (χ1) is 11.5. The maximum absolute atomic E-state index is 12.2. The standard InChI is InChI=1S/C17H17ClN4O2/c1-22(2)17(23)12-9-19-14-8-10(4-5-11(12)14)20-13-6-7-15(24-3)21-16(13)18/h4-9,19-20H,1-3H3. The van der Waals surface area contributed by atoms with Crippen LogP contribution in [0.1, 0.15) is 10.4 Å². The second-order valence-corrected chi connectivity index (χ2v) is 5.84. The molecule has 0 saturated carbocycles. The van der Waals surface area contributed by atoms with Crippen LogP contribution in [0.25, 0.3) is 10.9 Å². The number of anilines is 2. The molecule has 0 aliphatic heterocycles. The number of carbonyl (C=O) groups is 1. The summed E-state index contributed by atoms with van der Waals surface area (Å²) in [4.78, 5) is 21.0. The zero-order valence-corrected chi connectivity index (χ0v) is 14.3. The molecule has 3 aromatic rings. The molecule has 6 nitrogen and oxygen atoms in total. The molecular formula is C17H17ClN4O2. The molecule has 0 saturated heterocycles. The fourth-order valence-corrected chi connectivity index (χ4v) is 2.60. The van der Waals surface area contributed by atoms with Crippen LogP contribution in [-0.2, 0) is 0 Å². The van der Waals surface area contributed by atoms with Crippen molar-refractivity contribution in [2.24, 2.45) is 0 Å². The van der Waals surface area contributed by atoms with Gasteiger partial charge in [0.2, 0.25) is 5.88 Å². The number of fused-ring (bicyclic) bond motifs is 1. The van der Waals surface area contributed by atoms with Gasteiger partial charge in [0.05, 0.1) is 18.4 Å². The van der Waals surface area contributed by atoms with Crippen molar-refractivity contribution < 1.29 is 9.53 Å². The number of benzene rings is 1. The smallest absolute Gasteiger partial charge is 0.255 e. The van der Waals surface area contributed by atoms with Gasteiger partial charge in [0.15, 0.2) is 5.15 Å². The zero-order chi connectivity index (χ0) is 17.3. The quantitative estimate of drug-likeness (QED) is 0.708. The minimum atomic E-state index is -0.0376. The van der Waals surface area contributed by atoms with Crippen LogP contribution in [0.3, 0.4) is 0 Å². The predicted molar refractivity (Wildman–Crippen MR) is 95.4 cm³/mol. The van der Waals surface area contributed by atoms with Gasteiger partial charge in [-0.2, -0.15) is 4.98 Å². The molecule has 0 aliphatic rings. The van der Waals surface area contributed by atoms with E-state index in [1.54, 1.807) is 37.3 Å². The fraction of sp³-hybridized carbons (Fsp3) is 0.176. The van der Waals surface area contributed by atoms with Crippen LogP contribution in [0, 0.1) is 0 Å². The number of carbonyl (C=O) groups excluding carboxylic acids is 1. The number of aromatic amines is 1. The van der Waals surface area contributed by atoms with Gasteiger partial charge in [-0.1, -0.05) is 11.6 Å². The molecule has 0 aliphatic carbocycles. The maximum Gasteiger partial charge on any atom is 0.255 e. The number of aromatic nitrogens is 2. The number of ether oxygens (including phenoxy) is 1. The van der Waals surface area contributed by atoms with Crippen molar-refractivity contribution in [1.82, 2.24) is 14.9 Å². The van der Waals surface area contributed by atoms with Gasteiger partial charge in [0.25, 0.3) is 5.91 Å². The molecule has 0 spiro atoms. The molecule has 24 heavy (non-hydrogen) atoms. The number of rotatable bonds is 4. The van der Waals surface area contributed by atoms with Crippen LogP contribution in [0.15, 0.2) is 36.5 Å². The SMILES string of the molecule is COc1ccc(Nc2ccc3c(C(=O)N(C)C)c[nH]c3c2)c(Cl)n1. The Morgan fingerprint density at radius 2 is 2.08 bits per heavy atom. The Labute approximate surface area is 144 Å². The Balaban J connectivity index is 1.91. The van der Waals surface area contributed by atoms with Crippen molar-refractivity contribution in [2.75, 3.05) is 26.5 Å². The summed E-state index contributed by atoms with van der Waals surface area (Å²) in [6.07, 6.45) is 1.72. The molecule has 0 atom stereocenters. The number of pyridine rings is 1. The fourth-order valence-electron chi connectivity index (χ4n) is 2.40. The molecule has 0 fully saturated rings. The van der Waals surface area contributed by atoms with Gasteiger partial charge in [0.1, 0.15) is 0 Å². The van der Waals surface area contributed by atoms with Crippen LogP contribution in [0.5, 0.6) is 5.88 Å². The van der Waals surface area contributed by atoms with Gasteiger partial charge in [-0.3, -0.25) is 4.79 Å². The van der Waals surface area contributed by atoms with Crippen LogP contribution in [0.2, 0.25) is 5.15 Å². The maximum atomic E-state index is 12.2. The molecule has 0 radical (unpaired) electrons. The van der Waals surface area contributed by atoms with Crippen molar-refractivity contribution in [3.63, 3.8) is 0 Å². The highest BCUT2D eigenvalue weighted by molar-refractivity contribution is 6.32. The third-order valence-corrected chi connectivity index (χ3v) is 3.92. The van der Waals surface area contributed by atoms with E-state index in [4.69, 9.17) is 16.3 Å². The van der Waals surface area contributed by atoms with Gasteiger partial charge < -0.3 is 19.9 Å². The van der Waals surface area contributed by atoms with Gasteiger partial charge >= 0.3 is 0 Å². The van der Waals surface area contributed by atoms with E-state index < -0.39 is 0 Å². The molecule has 2 heterocycles. The van der Waals surface area contributed by atoms with Gasteiger partial charge in [-0.05, 0) is 24.3 Å². The third-order valence-electron chi connectivity index (χ3n) is 3.63. The first-order valence-corrected chi connectivity index (χ1v) is 7.67. The molecule has 0 bridgehead atoms. The summed E-state index contributed by atoms with van der Waals surface area (Å²) in [6, 6.07) is 9.24. The minimum Gasteiger partial charge on any atom is -0.481 e. The topological polar surface area (TPSA) is 70.2 Å². The number of hydrogen-bond donors (Lipinski definition) is 2. The van der Waals surface area contributed by atoms with Gasteiger partial charge in [-0.25, -0.2) is 0 Å². The lowest BCUT2D eigenvalue weighted by atomic mass is 10.1. The summed E-state index contributed by atoms with van der Waals surface area (Å²) < 4.78 is 5.04. The van der Waals surface area contributed by atoms with Gasteiger partial charge in [0, 0.05) is 42.9 Å². The lowest BCUT2D eigenvalue weighted by Gasteiger charge is -2.10. The van der Waals surface area contributed by atoms with Crippen molar-refractivity contribution in [3.8, 4) is 5.88 Å². The summed E-state index contributed by atoms with van der Waals surface area (Å²) in [5.41, 5.74) is 3.02. The average molecular weight is 345 g/mol. The van der Waals surface area contributed by atoms with E-state index in [0.717, 1.165) is 16.6 Å². The summed E-state index contributed by atoms with van der Waals surface area (Å²) in [5.74, 6) is 0.418. The van der Waals surface area contributed by atoms with Crippen molar-refractivity contribution in [2.45, 2.75) is 0 Å². The third kappa shape index (κ3) is 3.00. The molecule has 1 aromatic carbocycles. The average Bonchev–Trinajstić information content (AvgIpc) is 2.99. The van der Waals surface area contributed by atoms with Crippen LogP contribution < -0.4 is 10.1 Å². The Bertz CT molecular complexity index is 905. The number of methoxy groups -OCH3 is 1. The molecule has 2 N–H and O–H groups in total. The van der Waals surface area contributed by atoms with Crippen LogP contribution in [-0.4, -0.2) is 42.0 Å². The molecule has 7 heteroatoms. The van der Waals surface area contributed by atoms with E-state index in [1.165, 1.54) is 7.11 Å². The van der Waals surface area contributed by atoms with Gasteiger partial charge in [-0.15, -0.1) is 0 Å². The Morgan fingerprint density at radius 1 is 1.29 bits per heavy atom.